The molecule has 9 nitrogen and oxygen atoms in total. The Hall–Kier alpha value is -0.910. The second-order valence-electron chi connectivity index (χ2n) is 18.8. The summed E-state index contributed by atoms with van der Waals surface area (Å²) in [7, 11) is 0. The fraction of sp³-hybridized carbons (Fsp3) is 0.923. The number of nitrogens with two attached hydrogens (primary N) is 2. The first-order valence-electron chi connectivity index (χ1n) is 19.4. The zero-order valence-corrected chi connectivity index (χ0v) is 30.3. The molecular weight excluding hydrogens is 608 g/mol. The standard InChI is InChI=1S/C39H64N2O7/c1-23-11-17-47-38(21-23,33-32(48-33)37(5,45)34(2,22-42)12-6-24-10-16-41-31(40)18-24)30-9-15-39(46)27-20-29(44)28-19-25(43)7-13-35(28,3)26(27)8-14-36(30,39)4/h20,23-26,28,30-33,41-43,45-46H,6-19,21-22,40H2,1-5H3/p+1. The van der Waals surface area contributed by atoms with Crippen LogP contribution in [-0.2, 0) is 14.3 Å². The van der Waals surface area contributed by atoms with Crippen LogP contribution in [0.15, 0.2) is 11.6 Å². The van der Waals surface area contributed by atoms with E-state index in [1.54, 1.807) is 6.08 Å². The molecule has 3 saturated heterocycles. The van der Waals surface area contributed by atoms with Crippen LogP contribution in [0.4, 0.5) is 0 Å². The van der Waals surface area contributed by atoms with Gasteiger partial charge >= 0.3 is 0 Å². The Balaban J connectivity index is 1.17. The van der Waals surface area contributed by atoms with E-state index in [0.29, 0.717) is 44.1 Å². The molecule has 0 aromatic heterocycles. The number of fused-ring (bicyclic) bond motifs is 5. The van der Waals surface area contributed by atoms with Gasteiger partial charge in [-0.05, 0) is 125 Å². The maximum absolute atomic E-state index is 13.7. The Morgan fingerprint density at radius 2 is 1.83 bits per heavy atom. The predicted molar refractivity (Wildman–Crippen MR) is 181 cm³/mol. The number of hydrogen-bond acceptors (Lipinski definition) is 8. The van der Waals surface area contributed by atoms with Gasteiger partial charge in [-0.3, -0.25) is 10.5 Å². The lowest BCUT2D eigenvalue weighted by Crippen LogP contribution is -2.94. The normalized spacial score (nSPS) is 51.5. The smallest absolute Gasteiger partial charge is 0.159 e. The molecule has 0 aromatic rings. The van der Waals surface area contributed by atoms with E-state index in [2.05, 4.69) is 26.1 Å². The molecule has 7 aliphatic rings. The monoisotopic (exact) mass is 673 g/mol. The highest BCUT2D eigenvalue weighted by Crippen LogP contribution is 2.71. The minimum Gasteiger partial charge on any atom is -0.396 e. The number of allylic oxidation sites excluding steroid dienone is 1. The zero-order chi connectivity index (χ0) is 34.5. The lowest BCUT2D eigenvalue weighted by atomic mass is 9.45. The lowest BCUT2D eigenvalue weighted by molar-refractivity contribution is -0.699. The van der Waals surface area contributed by atoms with E-state index in [1.165, 1.54) is 0 Å². The summed E-state index contributed by atoms with van der Waals surface area (Å²) >= 11 is 0. The van der Waals surface area contributed by atoms with Gasteiger partial charge in [0.2, 0.25) is 0 Å². The minimum absolute atomic E-state index is 0.0143. The van der Waals surface area contributed by atoms with E-state index in [9.17, 15) is 25.2 Å². The number of aliphatic hydroxyl groups is 4. The van der Waals surface area contributed by atoms with Gasteiger partial charge in [0.15, 0.2) is 5.78 Å². The van der Waals surface area contributed by atoms with E-state index in [0.717, 1.165) is 69.9 Å². The second-order valence-corrected chi connectivity index (χ2v) is 18.8. The van der Waals surface area contributed by atoms with Crippen LogP contribution < -0.4 is 11.1 Å². The summed E-state index contributed by atoms with van der Waals surface area (Å²) in [4.78, 5) is 13.7. The molecule has 8 N–H and O–H groups in total. The number of aliphatic hydroxyl groups excluding tert-OH is 2. The number of carbonyl (C=O) groups excluding carboxylic acids is 1. The average molecular weight is 674 g/mol. The quantitative estimate of drug-likeness (QED) is 0.214. The van der Waals surface area contributed by atoms with Crippen molar-refractivity contribution in [3.63, 3.8) is 0 Å². The van der Waals surface area contributed by atoms with Crippen LogP contribution in [0.3, 0.4) is 0 Å². The summed E-state index contributed by atoms with van der Waals surface area (Å²) in [6, 6.07) is 0. The summed E-state index contributed by atoms with van der Waals surface area (Å²) in [5.74, 6) is 0.881. The lowest BCUT2D eigenvalue weighted by Gasteiger charge is -2.61. The fourth-order valence-corrected chi connectivity index (χ4v) is 12.6. The van der Waals surface area contributed by atoms with Crippen molar-refractivity contribution in [2.24, 2.45) is 51.6 Å². The first-order chi connectivity index (χ1) is 22.5. The largest absolute Gasteiger partial charge is 0.396 e. The summed E-state index contributed by atoms with van der Waals surface area (Å²) in [5.41, 5.74) is 2.55. The van der Waals surface area contributed by atoms with Crippen molar-refractivity contribution in [1.82, 2.24) is 0 Å². The minimum atomic E-state index is -1.28. The van der Waals surface area contributed by atoms with Crippen molar-refractivity contribution in [3.05, 3.63) is 11.6 Å². The Labute approximate surface area is 287 Å². The van der Waals surface area contributed by atoms with Crippen molar-refractivity contribution in [3.8, 4) is 0 Å². The van der Waals surface area contributed by atoms with Gasteiger partial charge in [0.05, 0.1) is 30.5 Å². The second kappa shape index (κ2) is 12.1. The van der Waals surface area contributed by atoms with Crippen molar-refractivity contribution >= 4 is 5.78 Å². The third-order valence-electron chi connectivity index (χ3n) is 16.2. The van der Waals surface area contributed by atoms with Crippen LogP contribution in [0, 0.1) is 45.8 Å². The Kier molecular flexibility index (Phi) is 8.93. The molecule has 7 rings (SSSR count). The van der Waals surface area contributed by atoms with Gasteiger partial charge in [0.25, 0.3) is 0 Å². The summed E-state index contributed by atoms with van der Waals surface area (Å²) < 4.78 is 13.6. The molecule has 3 aliphatic heterocycles. The third kappa shape index (κ3) is 5.18. The number of rotatable bonds is 8. The van der Waals surface area contributed by atoms with Crippen LogP contribution in [0.2, 0.25) is 0 Å². The molecule has 15 atom stereocenters. The van der Waals surface area contributed by atoms with Gasteiger partial charge < -0.3 is 35.2 Å². The first-order valence-corrected chi connectivity index (χ1v) is 19.4. The molecular formula is C39H65N2O7+. The highest BCUT2D eigenvalue weighted by atomic mass is 16.6. The highest BCUT2D eigenvalue weighted by Gasteiger charge is 2.75. The molecule has 272 valence electrons. The van der Waals surface area contributed by atoms with E-state index in [1.807, 2.05) is 13.8 Å². The number of epoxide rings is 1. The molecule has 3 saturated carbocycles. The fourth-order valence-electron chi connectivity index (χ4n) is 12.6. The number of ether oxygens (including phenoxy) is 2. The summed E-state index contributed by atoms with van der Waals surface area (Å²) in [6.45, 7) is 12.1. The number of hydrogen-bond donors (Lipinski definition) is 6. The predicted octanol–water partition coefficient (Wildman–Crippen LogP) is 2.96. The molecule has 0 radical (unpaired) electrons. The van der Waals surface area contributed by atoms with Crippen LogP contribution in [0.5, 0.6) is 0 Å². The molecule has 0 amide bonds. The van der Waals surface area contributed by atoms with E-state index < -0.39 is 39.8 Å². The van der Waals surface area contributed by atoms with Gasteiger partial charge in [0, 0.05) is 29.8 Å². The van der Waals surface area contributed by atoms with Crippen LogP contribution in [-0.4, -0.2) is 87.2 Å². The molecule has 6 fully saturated rings. The van der Waals surface area contributed by atoms with Crippen LogP contribution >= 0.6 is 0 Å². The molecule has 48 heavy (non-hydrogen) atoms. The molecule has 15 unspecified atom stereocenters. The molecule has 4 aliphatic carbocycles. The van der Waals surface area contributed by atoms with Crippen molar-refractivity contribution in [2.75, 3.05) is 19.8 Å². The summed E-state index contributed by atoms with van der Waals surface area (Å²) in [6.07, 6.45) is 11.2. The van der Waals surface area contributed by atoms with Gasteiger partial charge in [-0.2, -0.15) is 0 Å². The number of ketones is 1. The molecule has 3 heterocycles. The van der Waals surface area contributed by atoms with Gasteiger partial charge in [-0.25, -0.2) is 0 Å². The van der Waals surface area contributed by atoms with E-state index >= 15 is 0 Å². The number of piperidine rings is 1. The first kappa shape index (κ1) is 35.5. The van der Waals surface area contributed by atoms with Crippen molar-refractivity contribution in [2.45, 2.75) is 159 Å². The Morgan fingerprint density at radius 3 is 2.54 bits per heavy atom. The van der Waals surface area contributed by atoms with Gasteiger partial charge in [0.1, 0.15) is 24.0 Å². The maximum Gasteiger partial charge on any atom is 0.159 e. The van der Waals surface area contributed by atoms with Crippen molar-refractivity contribution < 1.29 is 40.0 Å². The Morgan fingerprint density at radius 1 is 1.06 bits per heavy atom. The third-order valence-corrected chi connectivity index (χ3v) is 16.2. The molecule has 0 aromatic carbocycles. The Bertz CT molecular complexity index is 1290. The SMILES string of the molecule is CC1CCOC(C2OC2C(C)(O)C(C)(CO)CCC2CC[NH2+]C(N)C2)(C2CCC3(O)C4=CC(=O)C5CC(O)CCC5(C)C4CCC23C)C1. The molecule has 0 spiro atoms. The van der Waals surface area contributed by atoms with E-state index in [4.69, 9.17) is 15.2 Å². The zero-order valence-electron chi connectivity index (χ0n) is 30.3. The average Bonchev–Trinajstić information content (AvgIpc) is 3.81. The number of carbonyl (C=O) groups is 1. The van der Waals surface area contributed by atoms with E-state index in [-0.39, 0.29) is 47.8 Å². The number of quaternary nitrogens is 1. The van der Waals surface area contributed by atoms with Crippen LogP contribution in [0.25, 0.3) is 0 Å². The van der Waals surface area contributed by atoms with Crippen LogP contribution in [0.1, 0.15) is 118 Å². The van der Waals surface area contributed by atoms with Gasteiger partial charge in [-0.15, -0.1) is 0 Å². The maximum atomic E-state index is 13.7. The van der Waals surface area contributed by atoms with Gasteiger partial charge in [-0.1, -0.05) is 27.7 Å². The van der Waals surface area contributed by atoms with Crippen molar-refractivity contribution in [1.29, 1.82) is 0 Å². The highest BCUT2D eigenvalue weighted by molar-refractivity contribution is 5.95. The summed E-state index contributed by atoms with van der Waals surface area (Å²) in [5, 5.41) is 48.8. The molecule has 0 bridgehead atoms. The molecule has 9 heteroatoms. The topological polar surface area (TPSA) is 162 Å².